The van der Waals surface area contributed by atoms with Crippen molar-refractivity contribution in [1.82, 2.24) is 0 Å². The number of esters is 2. The van der Waals surface area contributed by atoms with Crippen LogP contribution >= 0.6 is 0 Å². The van der Waals surface area contributed by atoms with E-state index in [9.17, 15) is 19.8 Å². The molecule has 0 aromatic heterocycles. The van der Waals surface area contributed by atoms with Crippen LogP contribution in [0.2, 0.25) is 0 Å². The molecular formula is C11H18O6. The van der Waals surface area contributed by atoms with Gasteiger partial charge in [0.1, 0.15) is 24.4 Å². The Labute approximate surface area is 99.5 Å². The van der Waals surface area contributed by atoms with Crippen LogP contribution in [0.25, 0.3) is 0 Å². The van der Waals surface area contributed by atoms with E-state index >= 15 is 0 Å². The van der Waals surface area contributed by atoms with E-state index in [4.69, 9.17) is 9.47 Å². The summed E-state index contributed by atoms with van der Waals surface area (Å²) < 4.78 is 9.84. The van der Waals surface area contributed by atoms with Gasteiger partial charge in [0.15, 0.2) is 0 Å². The number of hydrogen-bond donors (Lipinski definition) is 2. The van der Waals surface area contributed by atoms with Gasteiger partial charge in [-0.15, -0.1) is 0 Å². The summed E-state index contributed by atoms with van der Waals surface area (Å²) in [7, 11) is 0. The van der Waals surface area contributed by atoms with Gasteiger partial charge in [-0.2, -0.15) is 0 Å². The molecule has 1 aliphatic carbocycles. The first kappa shape index (κ1) is 13.9. The minimum atomic E-state index is -1.23. The SMILES string of the molecule is CC(=O)O[C@H]1CCC[C@@H](OC(C)=O)[C@H](O)[C@@H]1O. The van der Waals surface area contributed by atoms with Crippen LogP contribution in [-0.4, -0.2) is 46.6 Å². The van der Waals surface area contributed by atoms with Gasteiger partial charge in [0.25, 0.3) is 0 Å². The van der Waals surface area contributed by atoms with Crippen molar-refractivity contribution in [3.05, 3.63) is 0 Å². The zero-order valence-electron chi connectivity index (χ0n) is 9.96. The lowest BCUT2D eigenvalue weighted by molar-refractivity contribution is -0.169. The van der Waals surface area contributed by atoms with Gasteiger partial charge >= 0.3 is 11.9 Å². The van der Waals surface area contributed by atoms with Gasteiger partial charge in [-0.3, -0.25) is 9.59 Å². The van der Waals surface area contributed by atoms with Gasteiger partial charge in [-0.1, -0.05) is 0 Å². The highest BCUT2D eigenvalue weighted by molar-refractivity contribution is 5.66. The zero-order chi connectivity index (χ0) is 13.0. The second kappa shape index (κ2) is 5.97. The molecular weight excluding hydrogens is 228 g/mol. The summed E-state index contributed by atoms with van der Waals surface area (Å²) >= 11 is 0. The number of ether oxygens (including phenoxy) is 2. The van der Waals surface area contributed by atoms with E-state index in [0.29, 0.717) is 19.3 Å². The average molecular weight is 246 g/mol. The molecule has 98 valence electrons. The van der Waals surface area contributed by atoms with Crippen molar-refractivity contribution in [2.75, 3.05) is 0 Å². The summed E-state index contributed by atoms with van der Waals surface area (Å²) in [6.45, 7) is 2.49. The fourth-order valence-electron chi connectivity index (χ4n) is 1.99. The van der Waals surface area contributed by atoms with E-state index in [1.54, 1.807) is 0 Å². The molecule has 17 heavy (non-hydrogen) atoms. The molecule has 0 heterocycles. The lowest BCUT2D eigenvalue weighted by Crippen LogP contribution is -2.45. The smallest absolute Gasteiger partial charge is 0.302 e. The highest BCUT2D eigenvalue weighted by atomic mass is 16.6. The van der Waals surface area contributed by atoms with E-state index in [2.05, 4.69) is 0 Å². The third-order valence-electron chi connectivity index (χ3n) is 2.72. The van der Waals surface area contributed by atoms with Crippen LogP contribution in [-0.2, 0) is 19.1 Å². The molecule has 0 aromatic rings. The number of carbonyl (C=O) groups excluding carboxylic acids is 2. The van der Waals surface area contributed by atoms with Gasteiger partial charge in [-0.25, -0.2) is 0 Å². The normalized spacial score (nSPS) is 33.6. The maximum atomic E-state index is 10.8. The van der Waals surface area contributed by atoms with Crippen LogP contribution in [0.15, 0.2) is 0 Å². The first-order valence-corrected chi connectivity index (χ1v) is 5.62. The quantitative estimate of drug-likeness (QED) is 0.516. The second-order valence-electron chi connectivity index (χ2n) is 4.21. The van der Waals surface area contributed by atoms with Gasteiger partial charge in [0.2, 0.25) is 0 Å². The van der Waals surface area contributed by atoms with Gasteiger partial charge in [-0.05, 0) is 19.3 Å². The van der Waals surface area contributed by atoms with E-state index < -0.39 is 36.4 Å². The minimum Gasteiger partial charge on any atom is -0.460 e. The Hall–Kier alpha value is -1.14. The molecule has 0 aromatic carbocycles. The first-order valence-electron chi connectivity index (χ1n) is 5.62. The number of hydrogen-bond acceptors (Lipinski definition) is 6. The van der Waals surface area contributed by atoms with Crippen molar-refractivity contribution >= 4 is 11.9 Å². The Morgan fingerprint density at radius 3 is 1.59 bits per heavy atom. The molecule has 6 heteroatoms. The standard InChI is InChI=1S/C11H18O6/c1-6(12)16-8-4-3-5-9(17-7(2)13)11(15)10(8)14/h8-11,14-15H,3-5H2,1-2H3/t8-,9+,10+,11-. The second-order valence-corrected chi connectivity index (χ2v) is 4.21. The highest BCUT2D eigenvalue weighted by Gasteiger charge is 2.38. The summed E-state index contributed by atoms with van der Waals surface area (Å²) in [5, 5.41) is 19.7. The summed E-state index contributed by atoms with van der Waals surface area (Å²) in [6, 6.07) is 0. The van der Waals surface area contributed by atoms with Crippen molar-refractivity contribution < 1.29 is 29.3 Å². The monoisotopic (exact) mass is 246 g/mol. The Kier molecular flexibility index (Phi) is 4.89. The predicted molar refractivity (Wildman–Crippen MR) is 57.0 cm³/mol. The summed E-state index contributed by atoms with van der Waals surface area (Å²) in [5.41, 5.74) is 0. The van der Waals surface area contributed by atoms with Gasteiger partial charge in [0, 0.05) is 13.8 Å². The molecule has 0 radical (unpaired) electrons. The third-order valence-corrected chi connectivity index (χ3v) is 2.72. The van der Waals surface area contributed by atoms with E-state index in [-0.39, 0.29) is 0 Å². The molecule has 1 fully saturated rings. The van der Waals surface area contributed by atoms with Crippen LogP contribution in [0.4, 0.5) is 0 Å². The van der Waals surface area contributed by atoms with Crippen LogP contribution in [0, 0.1) is 0 Å². The fourth-order valence-corrected chi connectivity index (χ4v) is 1.99. The van der Waals surface area contributed by atoms with Crippen molar-refractivity contribution in [1.29, 1.82) is 0 Å². The average Bonchev–Trinajstić information content (AvgIpc) is 2.32. The molecule has 1 saturated carbocycles. The van der Waals surface area contributed by atoms with Crippen LogP contribution < -0.4 is 0 Å². The van der Waals surface area contributed by atoms with E-state index in [1.807, 2.05) is 0 Å². The molecule has 0 amide bonds. The molecule has 4 atom stereocenters. The van der Waals surface area contributed by atoms with Crippen LogP contribution in [0.1, 0.15) is 33.1 Å². The fraction of sp³-hybridized carbons (Fsp3) is 0.818. The Morgan fingerprint density at radius 2 is 1.29 bits per heavy atom. The highest BCUT2D eigenvalue weighted by Crippen LogP contribution is 2.24. The van der Waals surface area contributed by atoms with Crippen molar-refractivity contribution in [3.8, 4) is 0 Å². The molecule has 0 saturated heterocycles. The van der Waals surface area contributed by atoms with Crippen LogP contribution in [0.3, 0.4) is 0 Å². The maximum Gasteiger partial charge on any atom is 0.302 e. The Bertz CT molecular complexity index is 262. The lowest BCUT2D eigenvalue weighted by Gasteiger charge is -2.27. The first-order chi connectivity index (χ1) is 7.91. The maximum absolute atomic E-state index is 10.8. The molecule has 0 unspecified atom stereocenters. The topological polar surface area (TPSA) is 93.1 Å². The number of aliphatic hydroxyl groups excluding tert-OH is 2. The molecule has 0 spiro atoms. The lowest BCUT2D eigenvalue weighted by atomic mass is 10.1. The zero-order valence-corrected chi connectivity index (χ0v) is 9.96. The summed E-state index contributed by atoms with van der Waals surface area (Å²) in [6.07, 6.45) is -2.47. The molecule has 1 rings (SSSR count). The number of aliphatic hydroxyl groups is 2. The van der Waals surface area contributed by atoms with Crippen molar-refractivity contribution in [3.63, 3.8) is 0 Å². The Balaban J connectivity index is 2.67. The predicted octanol–water partition coefficient (Wildman–Crippen LogP) is -0.245. The van der Waals surface area contributed by atoms with Crippen molar-refractivity contribution in [2.45, 2.75) is 57.5 Å². The molecule has 1 aliphatic rings. The minimum absolute atomic E-state index is 0.440. The third kappa shape index (κ3) is 3.98. The van der Waals surface area contributed by atoms with Gasteiger partial charge < -0.3 is 19.7 Å². The molecule has 6 nitrogen and oxygen atoms in total. The molecule has 2 N–H and O–H groups in total. The van der Waals surface area contributed by atoms with E-state index in [0.717, 1.165) is 0 Å². The van der Waals surface area contributed by atoms with E-state index in [1.165, 1.54) is 13.8 Å². The molecule has 0 aliphatic heterocycles. The summed E-state index contributed by atoms with van der Waals surface area (Å²) in [5.74, 6) is -1.01. The van der Waals surface area contributed by atoms with Crippen LogP contribution in [0.5, 0.6) is 0 Å². The number of carbonyl (C=O) groups is 2. The summed E-state index contributed by atoms with van der Waals surface area (Å²) in [4.78, 5) is 21.7. The number of rotatable bonds is 2. The largest absolute Gasteiger partial charge is 0.460 e. The van der Waals surface area contributed by atoms with Gasteiger partial charge in [0.05, 0.1) is 0 Å². The van der Waals surface area contributed by atoms with Crippen molar-refractivity contribution in [2.24, 2.45) is 0 Å². The molecule has 0 bridgehead atoms. The Morgan fingerprint density at radius 1 is 0.941 bits per heavy atom.